The molecule has 4 rings (SSSR count). The maximum Gasteiger partial charge on any atom is 0.146 e. The molecule has 3 atom stereocenters. The fourth-order valence-electron chi connectivity index (χ4n) is 3.41. The molecule has 3 unspecified atom stereocenters. The van der Waals surface area contributed by atoms with Gasteiger partial charge in [0.15, 0.2) is 0 Å². The normalized spacial score (nSPS) is 26.4. The molecule has 0 N–H and O–H groups in total. The Hall–Kier alpha value is -1.58. The van der Waals surface area contributed by atoms with Gasteiger partial charge in [0.2, 0.25) is 0 Å². The molecule has 1 fully saturated rings. The second-order valence-electron chi connectivity index (χ2n) is 6.46. The lowest BCUT2D eigenvalue weighted by atomic mass is 9.82. The number of nitrogens with zero attached hydrogens (tertiary/aromatic N) is 3. The van der Waals surface area contributed by atoms with Gasteiger partial charge in [0.25, 0.3) is 0 Å². The molecule has 4 heteroatoms. The number of aromatic nitrogens is 3. The Morgan fingerprint density at radius 1 is 1.25 bits per heavy atom. The minimum absolute atomic E-state index is 0.369. The molecule has 0 bridgehead atoms. The zero-order chi connectivity index (χ0) is 13.7. The van der Waals surface area contributed by atoms with Gasteiger partial charge in [-0.05, 0) is 23.7 Å². The zero-order valence-corrected chi connectivity index (χ0v) is 12.2. The molecule has 0 radical (unpaired) electrons. The molecular formula is C16H20BN3. The van der Waals surface area contributed by atoms with Crippen molar-refractivity contribution in [1.29, 1.82) is 0 Å². The Bertz CT molecular complexity index is 618. The Balaban J connectivity index is 1.71. The van der Waals surface area contributed by atoms with E-state index >= 15 is 0 Å². The van der Waals surface area contributed by atoms with Crippen LogP contribution in [0.5, 0.6) is 0 Å². The van der Waals surface area contributed by atoms with E-state index in [-0.39, 0.29) is 0 Å². The maximum absolute atomic E-state index is 4.87. The van der Waals surface area contributed by atoms with Crippen LogP contribution in [0.25, 0.3) is 0 Å². The van der Waals surface area contributed by atoms with Crippen molar-refractivity contribution in [2.45, 2.75) is 44.0 Å². The molecule has 1 saturated carbocycles. The molecule has 0 spiro atoms. The van der Waals surface area contributed by atoms with Gasteiger partial charge < -0.3 is 0 Å². The van der Waals surface area contributed by atoms with Crippen molar-refractivity contribution in [3.05, 3.63) is 47.5 Å². The van der Waals surface area contributed by atoms with E-state index in [0.717, 1.165) is 18.2 Å². The third-order valence-electron chi connectivity index (χ3n) is 4.91. The third kappa shape index (κ3) is 1.89. The van der Waals surface area contributed by atoms with E-state index in [4.69, 9.17) is 10.1 Å². The maximum atomic E-state index is 4.87. The summed E-state index contributed by atoms with van der Waals surface area (Å²) in [5.74, 6) is 4.10. The van der Waals surface area contributed by atoms with E-state index in [2.05, 4.69) is 49.8 Å². The van der Waals surface area contributed by atoms with Gasteiger partial charge in [-0.25, -0.2) is 9.67 Å². The Labute approximate surface area is 120 Å². The average molecular weight is 265 g/mol. The highest BCUT2D eigenvalue weighted by molar-refractivity contribution is 6.12. The first kappa shape index (κ1) is 12.2. The van der Waals surface area contributed by atoms with E-state index < -0.39 is 0 Å². The molecule has 1 aliphatic carbocycles. The Morgan fingerprint density at radius 3 is 2.70 bits per heavy atom. The topological polar surface area (TPSA) is 30.7 Å². The van der Waals surface area contributed by atoms with Crippen molar-refractivity contribution in [2.75, 3.05) is 0 Å². The number of benzene rings is 1. The van der Waals surface area contributed by atoms with E-state index in [9.17, 15) is 0 Å². The standard InChI is InChI=1S/C16H20BN3/c1-10-9-13(11-5-3-2-4-6-11)20-16(10)18-15(19-20)14(17)12-7-8-12/h2-6,10,12-14H,7-9,17H2,1H3. The van der Waals surface area contributed by atoms with Gasteiger partial charge in [-0.3, -0.25) is 0 Å². The predicted octanol–water partition coefficient (Wildman–Crippen LogP) is 2.46. The summed E-state index contributed by atoms with van der Waals surface area (Å²) in [6, 6.07) is 11.1. The molecule has 2 aliphatic rings. The molecule has 2 heterocycles. The van der Waals surface area contributed by atoms with Crippen molar-refractivity contribution in [3.8, 4) is 0 Å². The van der Waals surface area contributed by atoms with Gasteiger partial charge in [-0.1, -0.05) is 50.1 Å². The number of hydrogen-bond donors (Lipinski definition) is 0. The SMILES string of the molecule is BC(c1nc2n(n1)C(c1ccccc1)CC2C)C1CC1. The molecular weight excluding hydrogens is 245 g/mol. The highest BCUT2D eigenvalue weighted by atomic mass is 15.4. The first-order valence-electron chi connectivity index (χ1n) is 7.75. The largest absolute Gasteiger partial charge is 0.242 e. The zero-order valence-electron chi connectivity index (χ0n) is 12.2. The second-order valence-corrected chi connectivity index (χ2v) is 6.46. The summed E-state index contributed by atoms with van der Waals surface area (Å²) in [6.45, 7) is 2.27. The number of hydrogen-bond acceptors (Lipinski definition) is 2. The van der Waals surface area contributed by atoms with E-state index in [1.54, 1.807) is 0 Å². The van der Waals surface area contributed by atoms with Crippen LogP contribution in [0.2, 0.25) is 0 Å². The second kappa shape index (κ2) is 4.47. The molecule has 20 heavy (non-hydrogen) atoms. The predicted molar refractivity (Wildman–Crippen MR) is 81.6 cm³/mol. The van der Waals surface area contributed by atoms with Gasteiger partial charge in [0, 0.05) is 5.92 Å². The van der Waals surface area contributed by atoms with E-state index in [1.807, 2.05) is 0 Å². The van der Waals surface area contributed by atoms with Crippen LogP contribution in [0.3, 0.4) is 0 Å². The minimum atomic E-state index is 0.369. The van der Waals surface area contributed by atoms with Crippen LogP contribution in [-0.2, 0) is 0 Å². The average Bonchev–Trinajstić information content (AvgIpc) is 3.15. The highest BCUT2D eigenvalue weighted by Gasteiger charge is 2.36. The first-order valence-corrected chi connectivity index (χ1v) is 7.75. The summed E-state index contributed by atoms with van der Waals surface area (Å²) in [4.78, 5) is 4.86. The van der Waals surface area contributed by atoms with Gasteiger partial charge in [-0.2, -0.15) is 5.10 Å². The van der Waals surface area contributed by atoms with E-state index in [0.29, 0.717) is 17.8 Å². The molecule has 2 aromatic rings. The summed E-state index contributed by atoms with van der Waals surface area (Å²) in [7, 11) is 2.28. The van der Waals surface area contributed by atoms with Gasteiger partial charge in [-0.15, -0.1) is 0 Å². The van der Waals surface area contributed by atoms with Gasteiger partial charge in [0.1, 0.15) is 19.5 Å². The lowest BCUT2D eigenvalue weighted by Gasteiger charge is -2.12. The molecule has 1 aromatic heterocycles. The van der Waals surface area contributed by atoms with Crippen LogP contribution in [0.4, 0.5) is 0 Å². The fourth-order valence-corrected chi connectivity index (χ4v) is 3.41. The fraction of sp³-hybridized carbons (Fsp3) is 0.500. The monoisotopic (exact) mass is 265 g/mol. The van der Waals surface area contributed by atoms with Crippen molar-refractivity contribution in [3.63, 3.8) is 0 Å². The van der Waals surface area contributed by atoms with Crippen LogP contribution in [0.1, 0.15) is 61.2 Å². The summed E-state index contributed by atoms with van der Waals surface area (Å²) < 4.78 is 2.19. The summed E-state index contributed by atoms with van der Waals surface area (Å²) in [5, 5.41) is 4.87. The van der Waals surface area contributed by atoms with Crippen LogP contribution in [0.15, 0.2) is 30.3 Å². The molecule has 0 saturated heterocycles. The van der Waals surface area contributed by atoms with E-state index in [1.165, 1.54) is 24.2 Å². The number of rotatable bonds is 3. The molecule has 3 nitrogen and oxygen atoms in total. The first-order chi connectivity index (χ1) is 9.74. The molecule has 1 aliphatic heterocycles. The Morgan fingerprint density at radius 2 is 2.00 bits per heavy atom. The van der Waals surface area contributed by atoms with Gasteiger partial charge >= 0.3 is 0 Å². The van der Waals surface area contributed by atoms with Crippen molar-refractivity contribution >= 4 is 7.85 Å². The lowest BCUT2D eigenvalue weighted by Crippen LogP contribution is -2.10. The van der Waals surface area contributed by atoms with Crippen LogP contribution in [0, 0.1) is 5.92 Å². The highest BCUT2D eigenvalue weighted by Crippen LogP contribution is 2.42. The Kier molecular flexibility index (Phi) is 2.72. The van der Waals surface area contributed by atoms with Crippen LogP contribution < -0.4 is 0 Å². The quantitative estimate of drug-likeness (QED) is 0.798. The minimum Gasteiger partial charge on any atom is -0.242 e. The number of fused-ring (bicyclic) bond motifs is 1. The van der Waals surface area contributed by atoms with Crippen molar-refractivity contribution in [1.82, 2.24) is 14.8 Å². The van der Waals surface area contributed by atoms with Crippen molar-refractivity contribution < 1.29 is 0 Å². The van der Waals surface area contributed by atoms with Crippen molar-refractivity contribution in [2.24, 2.45) is 5.92 Å². The van der Waals surface area contributed by atoms with Crippen LogP contribution >= 0.6 is 0 Å². The molecule has 102 valence electrons. The summed E-state index contributed by atoms with van der Waals surface area (Å²) in [5.41, 5.74) is 1.36. The summed E-state index contributed by atoms with van der Waals surface area (Å²) in [6.07, 6.45) is 3.82. The lowest BCUT2D eigenvalue weighted by molar-refractivity contribution is 0.532. The smallest absolute Gasteiger partial charge is 0.146 e. The summed E-state index contributed by atoms with van der Waals surface area (Å²) >= 11 is 0. The molecule has 0 amide bonds. The van der Waals surface area contributed by atoms with Gasteiger partial charge in [0.05, 0.1) is 6.04 Å². The molecule has 1 aromatic carbocycles. The van der Waals surface area contributed by atoms with Crippen LogP contribution in [-0.4, -0.2) is 22.6 Å². The third-order valence-corrected chi connectivity index (χ3v) is 4.91.